The number of hydrogen-bond acceptors (Lipinski definition) is 5. The van der Waals surface area contributed by atoms with E-state index >= 15 is 0 Å². The number of ether oxygens (including phenoxy) is 1. The van der Waals surface area contributed by atoms with E-state index in [1.54, 1.807) is 6.08 Å². The van der Waals surface area contributed by atoms with Gasteiger partial charge < -0.3 is 20.3 Å². The third-order valence-electron chi connectivity index (χ3n) is 12.9. The van der Waals surface area contributed by atoms with E-state index in [0.717, 1.165) is 64.2 Å². The summed E-state index contributed by atoms with van der Waals surface area (Å²) in [5.41, 5.74) is 0. The minimum atomic E-state index is -0.863. The minimum absolute atomic E-state index is 0.0309. The molecule has 6 nitrogen and oxygen atoms in total. The van der Waals surface area contributed by atoms with Gasteiger partial charge in [-0.1, -0.05) is 256 Å². The lowest BCUT2D eigenvalue weighted by Gasteiger charge is -2.20. The molecule has 2 atom stereocenters. The van der Waals surface area contributed by atoms with Crippen molar-refractivity contribution in [2.75, 3.05) is 13.2 Å². The van der Waals surface area contributed by atoms with E-state index in [-0.39, 0.29) is 18.5 Å². The molecule has 0 aromatic heterocycles. The number of unbranched alkanes of at least 4 members (excludes halogenated alkanes) is 37. The predicted molar refractivity (Wildman–Crippen MR) is 278 cm³/mol. The molecule has 0 aromatic carbocycles. The number of nitrogens with one attached hydrogen (secondary N) is 1. The SMILES string of the molecule is CCCCC/C=C\C/C=C\CCCCCCCCCCCC(=O)OCCCCCCCCCCCC(=O)NC(CO)C(O)/C=C/CCCCCCCCCCCCCCCCCCC. The second kappa shape index (κ2) is 53.7. The highest BCUT2D eigenvalue weighted by Crippen LogP contribution is 2.16. The number of rotatable bonds is 52. The van der Waals surface area contributed by atoms with Crippen LogP contribution in [-0.2, 0) is 14.3 Å². The summed E-state index contributed by atoms with van der Waals surface area (Å²) in [6.45, 7) is 4.82. The van der Waals surface area contributed by atoms with Gasteiger partial charge in [0, 0.05) is 12.8 Å². The molecule has 3 N–H and O–H groups in total. The summed E-state index contributed by atoms with van der Waals surface area (Å²) in [7, 11) is 0. The van der Waals surface area contributed by atoms with Crippen molar-refractivity contribution >= 4 is 11.9 Å². The van der Waals surface area contributed by atoms with Crippen LogP contribution in [-0.4, -0.2) is 47.4 Å². The maximum Gasteiger partial charge on any atom is 0.305 e. The Balaban J connectivity index is 3.51. The Hall–Kier alpha value is -1.92. The smallest absolute Gasteiger partial charge is 0.305 e. The first-order valence-corrected chi connectivity index (χ1v) is 28.3. The second-order valence-corrected chi connectivity index (χ2v) is 19.3. The average Bonchev–Trinajstić information content (AvgIpc) is 3.29. The van der Waals surface area contributed by atoms with Crippen LogP contribution in [0.2, 0.25) is 0 Å². The van der Waals surface area contributed by atoms with Crippen LogP contribution in [0.15, 0.2) is 36.5 Å². The highest BCUT2D eigenvalue weighted by atomic mass is 16.5. The van der Waals surface area contributed by atoms with Crippen LogP contribution < -0.4 is 5.32 Å². The molecule has 0 fully saturated rings. The molecule has 0 aliphatic heterocycles. The molecular weight excluding hydrogens is 791 g/mol. The molecule has 0 heterocycles. The molecule has 0 aromatic rings. The molecule has 0 radical (unpaired) electrons. The number of esters is 1. The van der Waals surface area contributed by atoms with E-state index in [0.29, 0.717) is 19.4 Å². The van der Waals surface area contributed by atoms with E-state index in [2.05, 4.69) is 43.5 Å². The van der Waals surface area contributed by atoms with E-state index < -0.39 is 12.1 Å². The highest BCUT2D eigenvalue weighted by molar-refractivity contribution is 5.76. The van der Waals surface area contributed by atoms with Crippen molar-refractivity contribution in [1.29, 1.82) is 0 Å². The molecule has 0 aliphatic rings. The largest absolute Gasteiger partial charge is 0.466 e. The summed E-state index contributed by atoms with van der Waals surface area (Å²) < 4.78 is 5.47. The van der Waals surface area contributed by atoms with Crippen LogP contribution in [0.3, 0.4) is 0 Å². The van der Waals surface area contributed by atoms with Gasteiger partial charge in [0.15, 0.2) is 0 Å². The summed E-state index contributed by atoms with van der Waals surface area (Å²) in [6, 6.07) is -0.649. The van der Waals surface area contributed by atoms with Gasteiger partial charge in [-0.2, -0.15) is 0 Å². The van der Waals surface area contributed by atoms with Gasteiger partial charge in [0.1, 0.15) is 0 Å². The van der Waals surface area contributed by atoms with Gasteiger partial charge in [-0.15, -0.1) is 0 Å². The Kier molecular flexibility index (Phi) is 52.1. The summed E-state index contributed by atoms with van der Waals surface area (Å²) in [5.74, 6) is -0.125. The van der Waals surface area contributed by atoms with Gasteiger partial charge in [-0.05, 0) is 64.2 Å². The molecule has 0 rings (SSSR count). The normalized spacial score (nSPS) is 12.9. The Morgan fingerprint density at radius 1 is 0.438 bits per heavy atom. The Bertz CT molecular complexity index is 1040. The predicted octanol–water partition coefficient (Wildman–Crippen LogP) is 17.2. The fraction of sp³-hybridized carbons (Fsp3) is 0.862. The molecular formula is C58H109NO5. The van der Waals surface area contributed by atoms with Gasteiger partial charge in [-0.3, -0.25) is 9.59 Å². The molecule has 0 bridgehead atoms. The first-order valence-electron chi connectivity index (χ1n) is 28.3. The monoisotopic (exact) mass is 900 g/mol. The van der Waals surface area contributed by atoms with E-state index in [4.69, 9.17) is 4.74 Å². The molecule has 0 saturated carbocycles. The maximum atomic E-state index is 12.5. The van der Waals surface area contributed by atoms with Crippen LogP contribution in [0.1, 0.15) is 296 Å². The van der Waals surface area contributed by atoms with Crippen molar-refractivity contribution in [2.24, 2.45) is 0 Å². The topological polar surface area (TPSA) is 95.9 Å². The van der Waals surface area contributed by atoms with Gasteiger partial charge >= 0.3 is 5.97 Å². The van der Waals surface area contributed by atoms with Crippen molar-refractivity contribution in [2.45, 2.75) is 309 Å². The number of amides is 1. The minimum Gasteiger partial charge on any atom is -0.466 e. The fourth-order valence-corrected chi connectivity index (χ4v) is 8.55. The van der Waals surface area contributed by atoms with Crippen LogP contribution in [0.5, 0.6) is 0 Å². The lowest BCUT2D eigenvalue weighted by Crippen LogP contribution is -2.45. The van der Waals surface area contributed by atoms with Crippen LogP contribution in [0, 0.1) is 0 Å². The van der Waals surface area contributed by atoms with Crippen LogP contribution >= 0.6 is 0 Å². The van der Waals surface area contributed by atoms with E-state index in [1.807, 2.05) is 6.08 Å². The second-order valence-electron chi connectivity index (χ2n) is 19.3. The quantitative estimate of drug-likeness (QED) is 0.0321. The molecule has 64 heavy (non-hydrogen) atoms. The summed E-state index contributed by atoms with van der Waals surface area (Å²) in [5, 5.41) is 23.1. The lowest BCUT2D eigenvalue weighted by atomic mass is 10.0. The van der Waals surface area contributed by atoms with Crippen molar-refractivity contribution in [3.63, 3.8) is 0 Å². The number of carbonyl (C=O) groups is 2. The van der Waals surface area contributed by atoms with Gasteiger partial charge in [-0.25, -0.2) is 0 Å². The van der Waals surface area contributed by atoms with Gasteiger partial charge in [0.25, 0.3) is 0 Å². The number of aliphatic hydroxyl groups excluding tert-OH is 2. The summed E-state index contributed by atoms with van der Waals surface area (Å²) in [6.07, 6.45) is 65.8. The van der Waals surface area contributed by atoms with Crippen molar-refractivity contribution < 1.29 is 24.5 Å². The summed E-state index contributed by atoms with van der Waals surface area (Å²) in [4.78, 5) is 24.6. The molecule has 0 aliphatic carbocycles. The Morgan fingerprint density at radius 3 is 1.22 bits per heavy atom. The molecule has 0 saturated heterocycles. The third-order valence-corrected chi connectivity index (χ3v) is 12.9. The zero-order chi connectivity index (χ0) is 46.5. The van der Waals surface area contributed by atoms with E-state index in [1.165, 1.54) is 205 Å². The average molecular weight is 901 g/mol. The Morgan fingerprint density at radius 2 is 0.781 bits per heavy atom. The van der Waals surface area contributed by atoms with Gasteiger partial charge in [0.05, 0.1) is 25.4 Å². The summed E-state index contributed by atoms with van der Waals surface area (Å²) >= 11 is 0. The lowest BCUT2D eigenvalue weighted by molar-refractivity contribution is -0.143. The first-order chi connectivity index (χ1) is 31.5. The van der Waals surface area contributed by atoms with Gasteiger partial charge in [0.2, 0.25) is 5.91 Å². The fourth-order valence-electron chi connectivity index (χ4n) is 8.55. The maximum absolute atomic E-state index is 12.5. The van der Waals surface area contributed by atoms with Crippen molar-refractivity contribution in [3.05, 3.63) is 36.5 Å². The zero-order valence-corrected chi connectivity index (χ0v) is 42.8. The standard InChI is InChI=1S/C58H109NO5/c1-3-5-7-9-11-13-15-17-19-21-23-25-27-29-31-34-38-42-46-50-56(61)55(54-60)59-57(62)51-47-43-39-35-33-37-41-45-49-53-64-58(63)52-48-44-40-36-32-30-28-26-24-22-20-18-16-14-12-10-8-6-4-2/h12,14,18,20,46,50,55-56,60-61H,3-11,13,15-17,19,21-45,47-49,51-54H2,1-2H3,(H,59,62)/b14-12-,20-18-,50-46+. The number of carbonyl (C=O) groups excluding carboxylic acids is 2. The number of hydrogen-bond donors (Lipinski definition) is 3. The van der Waals surface area contributed by atoms with Crippen molar-refractivity contribution in [1.82, 2.24) is 5.32 Å². The molecule has 1 amide bonds. The third kappa shape index (κ3) is 49.5. The van der Waals surface area contributed by atoms with Crippen molar-refractivity contribution in [3.8, 4) is 0 Å². The number of aliphatic hydroxyl groups is 2. The van der Waals surface area contributed by atoms with Crippen LogP contribution in [0.4, 0.5) is 0 Å². The number of allylic oxidation sites excluding steroid dienone is 5. The zero-order valence-electron chi connectivity index (χ0n) is 42.8. The van der Waals surface area contributed by atoms with Crippen LogP contribution in [0.25, 0.3) is 0 Å². The van der Waals surface area contributed by atoms with E-state index in [9.17, 15) is 19.8 Å². The first kappa shape index (κ1) is 62.1. The molecule has 6 heteroatoms. The molecule has 2 unspecified atom stereocenters. The molecule has 0 spiro atoms. The Labute approximate surface area is 398 Å². The molecule has 376 valence electrons. The highest BCUT2D eigenvalue weighted by Gasteiger charge is 2.18.